The summed E-state index contributed by atoms with van der Waals surface area (Å²) in [7, 11) is -2.92. The maximum atomic E-state index is 8.93. The first-order chi connectivity index (χ1) is 7.02. The van der Waals surface area contributed by atoms with E-state index in [0.29, 0.717) is 0 Å². The van der Waals surface area contributed by atoms with E-state index in [1.165, 1.54) is 0 Å². The quantitative estimate of drug-likeness (QED) is 0.300. The zero-order valence-electron chi connectivity index (χ0n) is 14.1. The third-order valence-electron chi connectivity index (χ3n) is 0.333. The third-order valence-corrected chi connectivity index (χ3v) is 0.333. The molecular formula is C4HBLi8O11. The van der Waals surface area contributed by atoms with E-state index in [2.05, 4.69) is 0 Å². The van der Waals surface area contributed by atoms with E-state index in [0.717, 1.165) is 0 Å². The molecule has 0 aromatic heterocycles. The van der Waals surface area contributed by atoms with Gasteiger partial charge in [0.2, 0.25) is 0 Å². The fraction of sp³-hybridized carbons (Fsp3) is 0. The van der Waals surface area contributed by atoms with Gasteiger partial charge in [0.25, 0.3) is 0 Å². The predicted molar refractivity (Wildman–Crippen MR) is 32.9 cm³/mol. The van der Waals surface area contributed by atoms with E-state index in [1.807, 2.05) is 0 Å². The van der Waals surface area contributed by atoms with Crippen LogP contribution in [0.3, 0.4) is 0 Å². The molecule has 0 aromatic rings. The van der Waals surface area contributed by atoms with E-state index in [9.17, 15) is 0 Å². The molecule has 0 unspecified atom stereocenters. The van der Waals surface area contributed by atoms with Gasteiger partial charge in [-0.05, 0) is 0 Å². The molecule has 24 heavy (non-hydrogen) atoms. The summed E-state index contributed by atoms with van der Waals surface area (Å²) < 4.78 is 0. The molecular weight excluding hydrogens is 290 g/mol. The Labute approximate surface area is 233 Å². The van der Waals surface area contributed by atoms with Crippen molar-refractivity contribution in [2.45, 2.75) is 0 Å². The molecule has 0 aliphatic rings. The topological polar surface area (TPSA) is 230 Å². The van der Waals surface area contributed by atoms with Crippen LogP contribution in [0.5, 0.6) is 0 Å². The average molecular weight is 291 g/mol. The van der Waals surface area contributed by atoms with Gasteiger partial charge in [0.15, 0.2) is 0 Å². The molecule has 0 amide bonds. The van der Waals surface area contributed by atoms with Gasteiger partial charge in [-0.25, -0.2) is 0 Å². The van der Waals surface area contributed by atoms with E-state index >= 15 is 0 Å². The van der Waals surface area contributed by atoms with Gasteiger partial charge in [-0.1, -0.05) is 0 Å². The molecule has 0 fully saturated rings. The van der Waals surface area contributed by atoms with Crippen molar-refractivity contribution in [3.8, 4) is 0 Å². The van der Waals surface area contributed by atoms with Crippen molar-refractivity contribution in [1.82, 2.24) is 0 Å². The summed E-state index contributed by atoms with van der Waals surface area (Å²) in [6.07, 6.45) is 0. The minimum absolute atomic E-state index is 0. The van der Waals surface area contributed by atoms with Gasteiger partial charge in [-0.2, -0.15) is 0 Å². The van der Waals surface area contributed by atoms with Crippen LogP contribution in [0.15, 0.2) is 0 Å². The summed E-state index contributed by atoms with van der Waals surface area (Å²) in [5, 5.41) is 61.0. The molecule has 0 radical (unpaired) electrons. The SMILES string of the molecule is O=C([O-])C(=O)[O-].O=C([O-])C(=O)[O-].[Li+].[Li+].[Li+].[Li+].[Li+].[Li+].[Li+].[LiH].[O-]B([O-])[O-]. The molecule has 0 atom stereocenters. The summed E-state index contributed by atoms with van der Waals surface area (Å²) in [6, 6.07) is 0. The molecule has 0 spiro atoms. The van der Waals surface area contributed by atoms with Gasteiger partial charge in [0, 0.05) is 0 Å². The van der Waals surface area contributed by atoms with Crippen LogP contribution < -0.4 is 168 Å². The van der Waals surface area contributed by atoms with Gasteiger partial charge in [0.1, 0.15) is 0 Å². The molecule has 0 aliphatic carbocycles. The standard InChI is InChI=1S/2C2H2O4.BO3.8Li.H/c2*3-1(4)2(5)6;2-1(3)4;;;;;;;;;/h2*(H,3,4)(H,5,6);;;;;;;;;;/q;;-3;;7*+1;/p-4. The fourth-order valence-corrected chi connectivity index (χ4v) is 0. The van der Waals surface area contributed by atoms with Crippen LogP contribution in [0.2, 0.25) is 0 Å². The number of carbonyl (C=O) groups excluding carboxylic acids is 4. The van der Waals surface area contributed by atoms with Crippen molar-refractivity contribution in [3.63, 3.8) is 0 Å². The number of rotatable bonds is 0. The van der Waals surface area contributed by atoms with E-state index in [1.54, 1.807) is 0 Å². The predicted octanol–water partition coefficient (Wildman–Crippen LogP) is -32.6. The molecule has 20 heteroatoms. The van der Waals surface area contributed by atoms with E-state index in [-0.39, 0.29) is 151 Å². The van der Waals surface area contributed by atoms with E-state index in [4.69, 9.17) is 54.7 Å². The normalized spacial score (nSPS) is 4.79. The van der Waals surface area contributed by atoms with Crippen LogP contribution in [-0.4, -0.2) is 50.1 Å². The van der Waals surface area contributed by atoms with Crippen LogP contribution in [0.1, 0.15) is 0 Å². The summed E-state index contributed by atoms with van der Waals surface area (Å²) >= 11 is 0. The fourth-order valence-electron chi connectivity index (χ4n) is 0. The first-order valence-corrected chi connectivity index (χ1v) is 2.84. The third kappa shape index (κ3) is 122. The number of hydrogen-bond donors (Lipinski definition) is 0. The van der Waals surface area contributed by atoms with Crippen LogP contribution in [-0.2, 0) is 19.2 Å². The van der Waals surface area contributed by atoms with Gasteiger partial charge >= 0.3 is 151 Å². The Morgan fingerprint density at radius 1 is 0.458 bits per heavy atom. The number of carbonyl (C=O) groups is 4. The maximum absolute atomic E-state index is 8.93. The second kappa shape index (κ2) is 50.0. The molecule has 0 aliphatic heterocycles. The summed E-state index contributed by atoms with van der Waals surface area (Å²) in [5.41, 5.74) is 0. The van der Waals surface area contributed by atoms with E-state index < -0.39 is 31.2 Å². The van der Waals surface area contributed by atoms with Crippen molar-refractivity contribution in [2.75, 3.05) is 0 Å². The Balaban J connectivity index is -0.0000000102. The van der Waals surface area contributed by atoms with Gasteiger partial charge in [-0.3, -0.25) is 7.32 Å². The Hall–Kier alpha value is 2.60. The molecule has 94 valence electrons. The van der Waals surface area contributed by atoms with Crippen molar-refractivity contribution in [3.05, 3.63) is 0 Å². The van der Waals surface area contributed by atoms with Crippen molar-refractivity contribution in [2.24, 2.45) is 0 Å². The number of hydrogen-bond acceptors (Lipinski definition) is 11. The van der Waals surface area contributed by atoms with Crippen LogP contribution in [0.4, 0.5) is 0 Å². The average Bonchev–Trinajstić information content (AvgIpc) is 2.03. The summed E-state index contributed by atoms with van der Waals surface area (Å²) in [4.78, 5) is 35.7. The summed E-state index contributed by atoms with van der Waals surface area (Å²) in [6.45, 7) is 0. The Morgan fingerprint density at radius 3 is 0.500 bits per heavy atom. The summed E-state index contributed by atoms with van der Waals surface area (Å²) in [5.74, 6) is -8.74. The van der Waals surface area contributed by atoms with Crippen LogP contribution in [0, 0.1) is 0 Å². The molecule has 0 aromatic carbocycles. The Morgan fingerprint density at radius 2 is 0.500 bits per heavy atom. The number of aliphatic carboxylic acids is 4. The van der Waals surface area contributed by atoms with Gasteiger partial charge < -0.3 is 54.7 Å². The zero-order chi connectivity index (χ0) is 13.9. The molecule has 11 nitrogen and oxygen atoms in total. The second-order valence-electron chi connectivity index (χ2n) is 1.44. The monoisotopic (exact) mass is 292 g/mol. The Kier molecular flexibility index (Phi) is 149. The minimum atomic E-state index is -2.92. The number of carboxylic acid groups (broad SMARTS) is 4. The smallest absolute Gasteiger partial charge is 0.278 e. The maximum Gasteiger partial charge on any atom is -0.278 e. The molecule has 0 rings (SSSR count). The second-order valence-corrected chi connectivity index (χ2v) is 1.44. The largest absolute Gasteiger partial charge is 0.907 e. The van der Waals surface area contributed by atoms with Crippen molar-refractivity contribution in [1.29, 1.82) is 0 Å². The number of carboxylic acids is 4. The van der Waals surface area contributed by atoms with Gasteiger partial charge in [-0.15, -0.1) is 0 Å². The molecule has 0 bridgehead atoms. The molecule has 0 heterocycles. The Bertz CT molecular complexity index is 228. The van der Waals surface area contributed by atoms with Crippen LogP contribution in [0.25, 0.3) is 0 Å². The molecule has 0 saturated heterocycles. The first-order valence-electron chi connectivity index (χ1n) is 2.84. The van der Waals surface area contributed by atoms with Crippen molar-refractivity contribution < 1.29 is 187 Å². The molecule has 0 N–H and O–H groups in total. The molecule has 0 saturated carbocycles. The van der Waals surface area contributed by atoms with Gasteiger partial charge in [0.05, 0.1) is 23.9 Å². The zero-order valence-corrected chi connectivity index (χ0v) is 14.1. The minimum Gasteiger partial charge on any atom is -0.907 e. The van der Waals surface area contributed by atoms with Crippen LogP contribution >= 0.6 is 0 Å². The first kappa shape index (κ1) is 71.6. The van der Waals surface area contributed by atoms with Crippen molar-refractivity contribution >= 4 is 50.1 Å².